The normalized spacial score (nSPS) is 14.7. The maximum Gasteiger partial charge on any atom is 0.335 e. The average molecular weight is 1270 g/mol. The molecule has 5 aromatic carbocycles. The molecule has 3 fully saturated rings. The number of hydrogen-bond acceptors (Lipinski definition) is 18. The van der Waals surface area contributed by atoms with Gasteiger partial charge in [-0.2, -0.15) is 0 Å². The lowest BCUT2D eigenvalue weighted by atomic mass is 10.1. The number of aromatic nitrogens is 6. The van der Waals surface area contributed by atoms with Gasteiger partial charge in [-0.25, -0.2) is 24.7 Å². The summed E-state index contributed by atoms with van der Waals surface area (Å²) in [6.07, 6.45) is 10.4. The van der Waals surface area contributed by atoms with Gasteiger partial charge in [0.05, 0.1) is 17.0 Å². The maximum atomic E-state index is 12.9. The molecule has 0 saturated carbocycles. The van der Waals surface area contributed by atoms with Gasteiger partial charge in [0.15, 0.2) is 0 Å². The highest BCUT2D eigenvalue weighted by Gasteiger charge is 2.18. The van der Waals surface area contributed by atoms with E-state index in [2.05, 4.69) is 96.4 Å². The van der Waals surface area contributed by atoms with Crippen LogP contribution in [0.4, 0.5) is 34.6 Å². The van der Waals surface area contributed by atoms with Gasteiger partial charge in [0.2, 0.25) is 11.9 Å². The molecule has 3 saturated heterocycles. The van der Waals surface area contributed by atoms with Crippen LogP contribution in [-0.2, 0) is 19.6 Å². The minimum atomic E-state index is -0.865. The zero-order valence-electron chi connectivity index (χ0n) is 52.9. The molecule has 93 heavy (non-hydrogen) atoms. The number of rotatable bonds is 16. The molecule has 20 nitrogen and oxygen atoms in total. The van der Waals surface area contributed by atoms with Crippen molar-refractivity contribution >= 4 is 63.4 Å². The number of pyridine rings is 2. The largest absolute Gasteiger partial charge is 0.478 e. The lowest BCUT2D eigenvalue weighted by Crippen LogP contribution is -2.43. The first-order valence-corrected chi connectivity index (χ1v) is 31.2. The van der Waals surface area contributed by atoms with Gasteiger partial charge in [-0.15, -0.1) is 0 Å². The van der Waals surface area contributed by atoms with Crippen LogP contribution < -0.4 is 21.7 Å². The predicted molar refractivity (Wildman–Crippen MR) is 373 cm³/mol. The number of carboxylic acids is 1. The topological polar surface area (TPSA) is 230 Å². The molecule has 0 unspecified atom stereocenters. The first-order valence-electron chi connectivity index (χ1n) is 30.8. The van der Waals surface area contributed by atoms with Gasteiger partial charge in [0, 0.05) is 180 Å². The maximum absolute atomic E-state index is 12.9. The Hall–Kier alpha value is -9.38. The standard InChI is InChI=1S/C29H31N7O.C16H15N5.C13H17ClN2O.C13H18N2O2.CH4/c1-21-5-10-25(18-27(21)34-29-31-13-11-26(33-29)24-4-3-12-30-19-24)32-28(37)23-8-6-22(7-9-23)20-36-16-14-35(2)15-17-36;1-11-4-5-13(17)9-15(11)21-16-19-8-6-14(20-16)12-3-2-7-18-10-12;1-15-6-8-16(9-7-15)10-11-2-4-12(5-3-11)13(14)17;1-14-6-8-15(9-7-14)10-11-2-4-12(5-3-11)13(16)17;/h3-13,18-19H,14-17,20H2,1-2H3,(H,32,37)(H,31,33,34);2-10H,17H2,1H3,(H,19,20,21);2-5H,6-10H2,1H3;2-5H,6-10H2,1H3,(H,16,17);1H4. The van der Waals surface area contributed by atoms with Crippen molar-refractivity contribution in [2.24, 2.45) is 0 Å². The lowest BCUT2D eigenvalue weighted by Gasteiger charge is -2.32. The minimum absolute atomic E-state index is 0. The number of aryl methyl sites for hydroxylation is 2. The van der Waals surface area contributed by atoms with Gasteiger partial charge < -0.3 is 41.5 Å². The van der Waals surface area contributed by atoms with Crippen LogP contribution in [0.5, 0.6) is 0 Å². The van der Waals surface area contributed by atoms with Crippen LogP contribution in [0, 0.1) is 13.8 Å². The third-order valence-corrected chi connectivity index (χ3v) is 16.3. The number of nitrogens with zero attached hydrogens (tertiary/aromatic N) is 12. The first-order chi connectivity index (χ1) is 44.5. The molecule has 484 valence electrons. The number of aromatic carboxylic acids is 1. The van der Waals surface area contributed by atoms with E-state index >= 15 is 0 Å². The molecule has 9 aromatic rings. The molecule has 3 aliphatic heterocycles. The number of carbonyl (C=O) groups is 3. The molecular formula is C72H85ClN16O4. The number of nitrogens with two attached hydrogens (primary N) is 1. The number of likely N-dealkylation sites (N-methyl/N-ethyl adjacent to an activating group) is 3. The van der Waals surface area contributed by atoms with Crippen molar-refractivity contribution in [1.82, 2.24) is 59.3 Å². The van der Waals surface area contributed by atoms with Gasteiger partial charge in [0.25, 0.3) is 11.1 Å². The Bertz CT molecular complexity index is 3730. The number of anilines is 6. The predicted octanol–water partition coefficient (Wildman–Crippen LogP) is 11.3. The van der Waals surface area contributed by atoms with E-state index in [-0.39, 0.29) is 13.3 Å². The molecular weight excluding hydrogens is 1190 g/mol. The molecule has 0 atom stereocenters. The van der Waals surface area contributed by atoms with Gasteiger partial charge in [-0.05, 0) is 171 Å². The van der Waals surface area contributed by atoms with Crippen molar-refractivity contribution in [3.8, 4) is 22.5 Å². The Morgan fingerprint density at radius 1 is 0.495 bits per heavy atom. The SMILES string of the molecule is C.CN1CCN(Cc2ccc(C(=O)Cl)cc2)CC1.CN1CCN(Cc2ccc(C(=O)O)cc2)CC1.Cc1ccc(N)cc1Nc1nccc(-c2cccnc2)n1.Cc1ccc(NC(=O)c2ccc(CN3CCN(C)CC3)cc2)cc1Nc1nccc(-c2cccnc2)n1. The van der Waals surface area contributed by atoms with Gasteiger partial charge in [0.1, 0.15) is 0 Å². The summed E-state index contributed by atoms with van der Waals surface area (Å²) in [6, 6.07) is 45.4. The van der Waals surface area contributed by atoms with Crippen LogP contribution in [0.25, 0.3) is 22.5 Å². The number of hydrogen-bond donors (Lipinski definition) is 5. The average Bonchev–Trinajstić information content (AvgIpc) is 1.31. The molecule has 0 radical (unpaired) electrons. The van der Waals surface area contributed by atoms with E-state index < -0.39 is 11.2 Å². The number of carbonyl (C=O) groups excluding carboxylic acids is 2. The molecule has 0 bridgehead atoms. The van der Waals surface area contributed by atoms with E-state index in [1.165, 1.54) is 16.7 Å². The molecule has 12 rings (SSSR count). The molecule has 0 spiro atoms. The first kappa shape index (κ1) is 69.5. The summed E-state index contributed by atoms with van der Waals surface area (Å²) in [5.41, 5.74) is 19.7. The van der Waals surface area contributed by atoms with E-state index in [1.54, 1.807) is 61.4 Å². The Balaban J connectivity index is 0.000000169. The Labute approximate surface area is 551 Å². The van der Waals surface area contributed by atoms with Gasteiger partial charge in [-0.3, -0.25) is 34.3 Å². The quantitative estimate of drug-likeness (QED) is 0.0447. The summed E-state index contributed by atoms with van der Waals surface area (Å²) in [5.74, 6) is 0.000782. The summed E-state index contributed by atoms with van der Waals surface area (Å²) in [5, 5.41) is 17.9. The van der Waals surface area contributed by atoms with Crippen molar-refractivity contribution in [2.45, 2.75) is 40.9 Å². The van der Waals surface area contributed by atoms with Crippen LogP contribution >= 0.6 is 11.6 Å². The third-order valence-electron chi connectivity index (χ3n) is 16.1. The van der Waals surface area contributed by atoms with E-state index in [4.69, 9.17) is 22.4 Å². The zero-order chi connectivity index (χ0) is 64.8. The Morgan fingerprint density at radius 3 is 1.29 bits per heavy atom. The van der Waals surface area contributed by atoms with Crippen LogP contribution in [0.2, 0.25) is 0 Å². The number of halogens is 1. The summed E-state index contributed by atoms with van der Waals surface area (Å²) in [7, 11) is 6.45. The van der Waals surface area contributed by atoms with E-state index in [9.17, 15) is 14.4 Å². The van der Waals surface area contributed by atoms with E-state index in [1.807, 2.05) is 135 Å². The highest BCUT2D eigenvalue weighted by molar-refractivity contribution is 6.67. The fraction of sp³-hybridized carbons (Fsp3) is 0.292. The second-order valence-corrected chi connectivity index (χ2v) is 23.6. The van der Waals surface area contributed by atoms with E-state index in [0.717, 1.165) is 143 Å². The molecule has 3 aliphatic rings. The molecule has 0 aliphatic carbocycles. The number of piperazine rings is 3. The minimum Gasteiger partial charge on any atom is -0.478 e. The number of amides is 1. The number of nitrogen functional groups attached to an aromatic ring is 1. The van der Waals surface area contributed by atoms with Crippen molar-refractivity contribution < 1.29 is 19.5 Å². The van der Waals surface area contributed by atoms with Crippen LogP contribution in [0.3, 0.4) is 0 Å². The summed E-state index contributed by atoms with van der Waals surface area (Å²) in [4.78, 5) is 74.9. The van der Waals surface area contributed by atoms with Crippen molar-refractivity contribution in [3.63, 3.8) is 0 Å². The fourth-order valence-corrected chi connectivity index (χ4v) is 10.4. The molecule has 4 aromatic heterocycles. The number of benzene rings is 5. The van der Waals surface area contributed by atoms with Crippen molar-refractivity contribution in [2.75, 3.05) is 121 Å². The highest BCUT2D eigenvalue weighted by Crippen LogP contribution is 2.26. The summed E-state index contributed by atoms with van der Waals surface area (Å²) >= 11 is 5.41. The summed E-state index contributed by atoms with van der Waals surface area (Å²) in [6.45, 7) is 19.9. The van der Waals surface area contributed by atoms with Gasteiger partial charge >= 0.3 is 5.97 Å². The fourth-order valence-electron chi connectivity index (χ4n) is 10.3. The van der Waals surface area contributed by atoms with Crippen molar-refractivity contribution in [3.05, 3.63) is 227 Å². The molecule has 21 heteroatoms. The summed E-state index contributed by atoms with van der Waals surface area (Å²) < 4.78 is 0. The van der Waals surface area contributed by atoms with Crippen LogP contribution in [0.15, 0.2) is 183 Å². The van der Waals surface area contributed by atoms with E-state index in [0.29, 0.717) is 40.0 Å². The second kappa shape index (κ2) is 34.9. The number of carboxylic acid groups (broad SMARTS) is 1. The molecule has 1 amide bonds. The lowest BCUT2D eigenvalue weighted by molar-refractivity contribution is 0.0696. The zero-order valence-corrected chi connectivity index (χ0v) is 53.7. The Kier molecular flexibility index (Phi) is 26.1. The second-order valence-electron chi connectivity index (χ2n) is 23.2. The van der Waals surface area contributed by atoms with Gasteiger partial charge in [-0.1, -0.05) is 56.0 Å². The highest BCUT2D eigenvalue weighted by atomic mass is 35.5. The van der Waals surface area contributed by atoms with Crippen LogP contribution in [0.1, 0.15) is 66.3 Å². The Morgan fingerprint density at radius 2 is 0.892 bits per heavy atom. The van der Waals surface area contributed by atoms with Crippen LogP contribution in [-0.4, -0.2) is 181 Å². The smallest absolute Gasteiger partial charge is 0.335 e. The number of nitrogens with one attached hydrogen (secondary N) is 3. The molecule has 6 N–H and O–H groups in total. The van der Waals surface area contributed by atoms with Crippen molar-refractivity contribution in [1.29, 1.82) is 0 Å². The third kappa shape index (κ3) is 21.9. The molecule has 7 heterocycles. The monoisotopic (exact) mass is 1270 g/mol.